The van der Waals surface area contributed by atoms with E-state index >= 15 is 0 Å². The summed E-state index contributed by atoms with van der Waals surface area (Å²) in [6.07, 6.45) is 0.154. The highest BCUT2D eigenvalue weighted by molar-refractivity contribution is 5.35. The number of benzene rings is 1. The summed E-state index contributed by atoms with van der Waals surface area (Å²) in [5, 5.41) is 0. The molecule has 0 aliphatic heterocycles. The monoisotopic (exact) mass is 209 g/mol. The van der Waals surface area contributed by atoms with Gasteiger partial charge >= 0.3 is 0 Å². The molecular weight excluding hydrogens is 190 g/mol. The normalized spacial score (nSPS) is 12.9. The van der Waals surface area contributed by atoms with Crippen LogP contribution in [0.1, 0.15) is 25.5 Å². The maximum Gasteiger partial charge on any atom is 0.124 e. The lowest BCUT2D eigenvalue weighted by molar-refractivity contribution is 0.177. The number of nitrogens with two attached hydrogens (primary N) is 1. The van der Waals surface area contributed by atoms with Crippen molar-refractivity contribution in [3.05, 3.63) is 29.8 Å². The lowest BCUT2D eigenvalue weighted by Crippen LogP contribution is -2.18. The second kappa shape index (κ2) is 5.73. The molecule has 0 amide bonds. The van der Waals surface area contributed by atoms with E-state index in [1.165, 1.54) is 0 Å². The summed E-state index contributed by atoms with van der Waals surface area (Å²) in [6.45, 7) is 4.50. The van der Waals surface area contributed by atoms with Crippen LogP contribution < -0.4 is 10.5 Å². The first-order valence-corrected chi connectivity index (χ1v) is 5.15. The molecule has 84 valence electrons. The van der Waals surface area contributed by atoms with E-state index < -0.39 is 0 Å². The molecule has 1 rings (SSSR count). The Balaban J connectivity index is 2.85. The minimum atomic E-state index is -0.134. The Bertz CT molecular complexity index is 299. The van der Waals surface area contributed by atoms with E-state index in [2.05, 4.69) is 0 Å². The van der Waals surface area contributed by atoms with Crippen molar-refractivity contribution < 1.29 is 9.47 Å². The Morgan fingerprint density at radius 2 is 1.93 bits per heavy atom. The fourth-order valence-corrected chi connectivity index (χ4v) is 1.42. The highest BCUT2D eigenvalue weighted by Crippen LogP contribution is 2.24. The molecule has 0 heterocycles. The molecule has 3 nitrogen and oxygen atoms in total. The zero-order valence-electron chi connectivity index (χ0n) is 9.57. The number of rotatable bonds is 5. The Morgan fingerprint density at radius 3 is 2.53 bits per heavy atom. The van der Waals surface area contributed by atoms with Crippen LogP contribution in [0.25, 0.3) is 0 Å². The summed E-state index contributed by atoms with van der Waals surface area (Å²) in [5.41, 5.74) is 6.97. The number of methoxy groups -OCH3 is 1. The van der Waals surface area contributed by atoms with Crippen LogP contribution in [0.4, 0.5) is 0 Å². The molecule has 0 aliphatic rings. The molecule has 0 radical (unpaired) electrons. The molecule has 3 heteroatoms. The number of hydrogen-bond donors (Lipinski definition) is 1. The van der Waals surface area contributed by atoms with Crippen LogP contribution in [-0.4, -0.2) is 19.8 Å². The van der Waals surface area contributed by atoms with Gasteiger partial charge in [-0.05, 0) is 19.9 Å². The smallest absolute Gasteiger partial charge is 0.124 e. The summed E-state index contributed by atoms with van der Waals surface area (Å²) in [4.78, 5) is 0. The second-order valence-electron chi connectivity index (χ2n) is 3.77. The van der Waals surface area contributed by atoms with Gasteiger partial charge in [0.15, 0.2) is 0 Å². The van der Waals surface area contributed by atoms with Crippen molar-refractivity contribution in [2.75, 3.05) is 13.7 Å². The number of hydrogen-bond acceptors (Lipinski definition) is 3. The van der Waals surface area contributed by atoms with Crippen LogP contribution in [0.3, 0.4) is 0 Å². The predicted octanol–water partition coefficient (Wildman–Crippen LogP) is 2.12. The van der Waals surface area contributed by atoms with Crippen LogP contribution in [0.2, 0.25) is 0 Å². The molecule has 0 fully saturated rings. The fourth-order valence-electron chi connectivity index (χ4n) is 1.42. The van der Waals surface area contributed by atoms with Crippen molar-refractivity contribution in [1.82, 2.24) is 0 Å². The van der Waals surface area contributed by atoms with Gasteiger partial charge in [-0.1, -0.05) is 18.2 Å². The molecular formula is C12H19NO2. The summed E-state index contributed by atoms with van der Waals surface area (Å²) >= 11 is 0. The van der Waals surface area contributed by atoms with Crippen LogP contribution in [0, 0.1) is 0 Å². The molecule has 1 aromatic rings. The van der Waals surface area contributed by atoms with Gasteiger partial charge in [0.25, 0.3) is 0 Å². The zero-order chi connectivity index (χ0) is 11.3. The number of para-hydroxylation sites is 1. The minimum absolute atomic E-state index is 0.134. The van der Waals surface area contributed by atoms with Crippen LogP contribution in [0.5, 0.6) is 5.75 Å². The third-order valence-electron chi connectivity index (χ3n) is 2.03. The van der Waals surface area contributed by atoms with Gasteiger partial charge in [0.05, 0.1) is 18.8 Å². The lowest BCUT2D eigenvalue weighted by Gasteiger charge is -2.18. The quantitative estimate of drug-likeness (QED) is 0.807. The average Bonchev–Trinajstić information content (AvgIpc) is 2.18. The Hall–Kier alpha value is -1.06. The molecule has 0 bridgehead atoms. The van der Waals surface area contributed by atoms with E-state index in [4.69, 9.17) is 15.2 Å². The van der Waals surface area contributed by atoms with Crippen molar-refractivity contribution in [3.8, 4) is 5.75 Å². The van der Waals surface area contributed by atoms with Gasteiger partial charge in [0.1, 0.15) is 5.75 Å². The van der Waals surface area contributed by atoms with Gasteiger partial charge in [-0.3, -0.25) is 0 Å². The molecule has 0 aromatic heterocycles. The Labute approximate surface area is 91.2 Å². The SMILES string of the molecule is COCC(N)c1ccccc1OC(C)C. The summed E-state index contributed by atoms with van der Waals surface area (Å²) in [5.74, 6) is 0.844. The topological polar surface area (TPSA) is 44.5 Å². The van der Waals surface area contributed by atoms with Gasteiger partial charge in [-0.2, -0.15) is 0 Å². The van der Waals surface area contributed by atoms with Crippen LogP contribution in [-0.2, 0) is 4.74 Å². The van der Waals surface area contributed by atoms with Crippen LogP contribution in [0.15, 0.2) is 24.3 Å². The first-order chi connectivity index (χ1) is 7.15. The minimum Gasteiger partial charge on any atom is -0.491 e. The van der Waals surface area contributed by atoms with Crippen molar-refractivity contribution >= 4 is 0 Å². The molecule has 1 unspecified atom stereocenters. The molecule has 1 atom stereocenters. The maximum atomic E-state index is 5.98. The largest absolute Gasteiger partial charge is 0.491 e. The Morgan fingerprint density at radius 1 is 1.27 bits per heavy atom. The first-order valence-electron chi connectivity index (χ1n) is 5.15. The third-order valence-corrected chi connectivity index (χ3v) is 2.03. The molecule has 0 spiro atoms. The Kier molecular flexibility index (Phi) is 4.59. The van der Waals surface area contributed by atoms with E-state index in [1.54, 1.807) is 7.11 Å². The van der Waals surface area contributed by atoms with E-state index in [9.17, 15) is 0 Å². The molecule has 2 N–H and O–H groups in total. The highest BCUT2D eigenvalue weighted by atomic mass is 16.5. The van der Waals surface area contributed by atoms with E-state index in [1.807, 2.05) is 38.1 Å². The first kappa shape index (κ1) is 12.0. The standard InChI is InChI=1S/C12H19NO2/c1-9(2)15-12-7-5-4-6-10(12)11(13)8-14-3/h4-7,9,11H,8,13H2,1-3H3. The molecule has 0 aliphatic carbocycles. The zero-order valence-corrected chi connectivity index (χ0v) is 9.57. The molecule has 0 saturated carbocycles. The van der Waals surface area contributed by atoms with Gasteiger partial charge in [-0.25, -0.2) is 0 Å². The van der Waals surface area contributed by atoms with Crippen molar-refractivity contribution in [2.45, 2.75) is 26.0 Å². The van der Waals surface area contributed by atoms with E-state index in [0.29, 0.717) is 6.61 Å². The maximum absolute atomic E-state index is 5.98. The van der Waals surface area contributed by atoms with E-state index in [0.717, 1.165) is 11.3 Å². The van der Waals surface area contributed by atoms with Gasteiger partial charge in [0.2, 0.25) is 0 Å². The summed E-state index contributed by atoms with van der Waals surface area (Å²) in [6, 6.07) is 7.68. The fraction of sp³-hybridized carbons (Fsp3) is 0.500. The van der Waals surface area contributed by atoms with Crippen LogP contribution >= 0.6 is 0 Å². The number of ether oxygens (including phenoxy) is 2. The summed E-state index contributed by atoms with van der Waals surface area (Å²) < 4.78 is 10.7. The van der Waals surface area contributed by atoms with Gasteiger partial charge < -0.3 is 15.2 Å². The molecule has 15 heavy (non-hydrogen) atoms. The molecule has 0 saturated heterocycles. The van der Waals surface area contributed by atoms with Crippen molar-refractivity contribution in [2.24, 2.45) is 5.73 Å². The van der Waals surface area contributed by atoms with Crippen molar-refractivity contribution in [1.29, 1.82) is 0 Å². The lowest BCUT2D eigenvalue weighted by atomic mass is 10.1. The average molecular weight is 209 g/mol. The van der Waals surface area contributed by atoms with Crippen molar-refractivity contribution in [3.63, 3.8) is 0 Å². The third kappa shape index (κ3) is 3.53. The predicted molar refractivity (Wildman–Crippen MR) is 61.0 cm³/mol. The van der Waals surface area contributed by atoms with Gasteiger partial charge in [-0.15, -0.1) is 0 Å². The summed E-state index contributed by atoms with van der Waals surface area (Å²) in [7, 11) is 1.64. The van der Waals surface area contributed by atoms with Gasteiger partial charge in [0, 0.05) is 12.7 Å². The highest BCUT2D eigenvalue weighted by Gasteiger charge is 2.11. The van der Waals surface area contributed by atoms with E-state index in [-0.39, 0.29) is 12.1 Å². The second-order valence-corrected chi connectivity index (χ2v) is 3.77. The molecule has 1 aromatic carbocycles.